The minimum Gasteiger partial charge on any atom is -0.492 e. The third kappa shape index (κ3) is 4.43. The van der Waals surface area contributed by atoms with Gasteiger partial charge in [0.2, 0.25) is 0 Å². The molecule has 6 nitrogen and oxygen atoms in total. The fraction of sp³-hybridized carbons (Fsp3) is 0.222. The minimum absolute atomic E-state index is 0.229. The van der Waals surface area contributed by atoms with Crippen LogP contribution in [0.15, 0.2) is 73.1 Å². The number of hydrogen-bond donors (Lipinski definition) is 0. The van der Waals surface area contributed by atoms with Crippen molar-refractivity contribution in [1.29, 1.82) is 0 Å². The van der Waals surface area contributed by atoms with Gasteiger partial charge in [0.1, 0.15) is 12.4 Å². The Morgan fingerprint density at radius 3 is 2.45 bits per heavy atom. The van der Waals surface area contributed by atoms with E-state index in [0.29, 0.717) is 13.0 Å². The van der Waals surface area contributed by atoms with Gasteiger partial charge < -0.3 is 9.64 Å². The summed E-state index contributed by atoms with van der Waals surface area (Å²) in [6.07, 6.45) is 4.92. The van der Waals surface area contributed by atoms with Crippen LogP contribution in [0.25, 0.3) is 28.2 Å². The molecule has 0 bridgehead atoms. The van der Waals surface area contributed by atoms with Crippen molar-refractivity contribution in [2.45, 2.75) is 12.8 Å². The second-order valence-corrected chi connectivity index (χ2v) is 8.50. The Labute approximate surface area is 193 Å². The fourth-order valence-corrected chi connectivity index (χ4v) is 4.09. The smallest absolute Gasteiger partial charge is 0.163 e. The minimum atomic E-state index is 0.229. The van der Waals surface area contributed by atoms with Gasteiger partial charge in [-0.05, 0) is 74.6 Å². The number of benzene rings is 2. The quantitative estimate of drug-likeness (QED) is 0.420. The molecule has 6 heteroatoms. The van der Waals surface area contributed by atoms with Crippen LogP contribution in [0.3, 0.4) is 0 Å². The van der Waals surface area contributed by atoms with Crippen molar-refractivity contribution in [1.82, 2.24) is 19.7 Å². The molecule has 2 aromatic carbocycles. The molecule has 0 saturated heterocycles. The highest BCUT2D eigenvalue weighted by atomic mass is 16.5. The van der Waals surface area contributed by atoms with E-state index in [-0.39, 0.29) is 5.78 Å². The third-order valence-electron chi connectivity index (χ3n) is 5.90. The molecule has 0 radical (unpaired) electrons. The van der Waals surface area contributed by atoms with Crippen LogP contribution in [0, 0.1) is 0 Å². The predicted octanol–water partition coefficient (Wildman–Crippen LogP) is 4.67. The first-order valence-corrected chi connectivity index (χ1v) is 11.1. The largest absolute Gasteiger partial charge is 0.492 e. The van der Waals surface area contributed by atoms with Crippen LogP contribution in [0.5, 0.6) is 5.75 Å². The number of pyridine rings is 1. The highest BCUT2D eigenvalue weighted by molar-refractivity contribution is 6.01. The number of ether oxygens (including phenoxy) is 1. The zero-order valence-electron chi connectivity index (χ0n) is 18.9. The molecule has 0 amide bonds. The van der Waals surface area contributed by atoms with E-state index in [2.05, 4.69) is 22.0 Å². The summed E-state index contributed by atoms with van der Waals surface area (Å²) in [5, 5.41) is 4.93. The first kappa shape index (κ1) is 21.1. The SMILES string of the molecule is CN(C)CCOc1ccc(-c2cc(-c3ccc4c(c3)CCC4=O)n(-c3ccncc3)n2)cc1. The van der Waals surface area contributed by atoms with E-state index in [1.165, 1.54) is 0 Å². The highest BCUT2D eigenvalue weighted by Crippen LogP contribution is 2.32. The van der Waals surface area contributed by atoms with Crippen molar-refractivity contribution in [3.05, 3.63) is 84.2 Å². The normalized spacial score (nSPS) is 12.9. The number of Topliss-reactive ketones (excluding diaryl/α,β-unsaturated/α-hetero) is 1. The molecule has 1 aliphatic rings. The highest BCUT2D eigenvalue weighted by Gasteiger charge is 2.21. The molecule has 0 spiro atoms. The lowest BCUT2D eigenvalue weighted by Gasteiger charge is -2.11. The number of aryl methyl sites for hydroxylation is 1. The van der Waals surface area contributed by atoms with Crippen LogP contribution in [0.4, 0.5) is 0 Å². The van der Waals surface area contributed by atoms with Gasteiger partial charge in [-0.2, -0.15) is 5.10 Å². The zero-order chi connectivity index (χ0) is 22.8. The Morgan fingerprint density at radius 2 is 1.70 bits per heavy atom. The van der Waals surface area contributed by atoms with Gasteiger partial charge in [-0.25, -0.2) is 4.68 Å². The van der Waals surface area contributed by atoms with E-state index in [1.807, 2.05) is 67.3 Å². The lowest BCUT2D eigenvalue weighted by Crippen LogP contribution is -2.19. The number of ketones is 1. The van der Waals surface area contributed by atoms with Crippen LogP contribution in [0.2, 0.25) is 0 Å². The molecule has 4 aromatic rings. The Kier molecular flexibility index (Phi) is 5.75. The van der Waals surface area contributed by atoms with Crippen LogP contribution < -0.4 is 4.74 Å². The van der Waals surface area contributed by atoms with E-state index in [9.17, 15) is 4.79 Å². The number of hydrogen-bond acceptors (Lipinski definition) is 5. The second kappa shape index (κ2) is 9.00. The van der Waals surface area contributed by atoms with Crippen LogP contribution in [-0.2, 0) is 6.42 Å². The summed E-state index contributed by atoms with van der Waals surface area (Å²) in [5.41, 5.74) is 6.80. The van der Waals surface area contributed by atoms with E-state index >= 15 is 0 Å². The number of likely N-dealkylation sites (N-methyl/N-ethyl adjacent to an activating group) is 1. The lowest BCUT2D eigenvalue weighted by molar-refractivity contribution is 0.0994. The average Bonchev–Trinajstić information content (AvgIpc) is 3.44. The average molecular weight is 439 g/mol. The molecule has 0 saturated carbocycles. The topological polar surface area (TPSA) is 60.2 Å². The third-order valence-corrected chi connectivity index (χ3v) is 5.90. The van der Waals surface area contributed by atoms with Crippen molar-refractivity contribution in [2.24, 2.45) is 0 Å². The number of fused-ring (bicyclic) bond motifs is 1. The van der Waals surface area contributed by atoms with Crippen LogP contribution in [0.1, 0.15) is 22.3 Å². The number of carbonyl (C=O) groups is 1. The van der Waals surface area contributed by atoms with Gasteiger partial charge in [0, 0.05) is 42.0 Å². The predicted molar refractivity (Wildman–Crippen MR) is 129 cm³/mol. The molecule has 2 heterocycles. The molecule has 0 atom stereocenters. The van der Waals surface area contributed by atoms with Crippen molar-refractivity contribution in [3.63, 3.8) is 0 Å². The summed E-state index contributed by atoms with van der Waals surface area (Å²) >= 11 is 0. The summed E-state index contributed by atoms with van der Waals surface area (Å²) in [7, 11) is 4.06. The first-order chi connectivity index (χ1) is 16.1. The molecule has 5 rings (SSSR count). The lowest BCUT2D eigenvalue weighted by atomic mass is 10.0. The zero-order valence-corrected chi connectivity index (χ0v) is 18.9. The monoisotopic (exact) mass is 438 g/mol. The van der Waals surface area contributed by atoms with Gasteiger partial charge in [-0.15, -0.1) is 0 Å². The fourth-order valence-electron chi connectivity index (χ4n) is 4.09. The van der Waals surface area contributed by atoms with Gasteiger partial charge >= 0.3 is 0 Å². The van der Waals surface area contributed by atoms with Gasteiger partial charge in [-0.3, -0.25) is 9.78 Å². The number of rotatable bonds is 7. The Morgan fingerprint density at radius 1 is 0.939 bits per heavy atom. The Bertz CT molecular complexity index is 1280. The maximum atomic E-state index is 12.1. The van der Waals surface area contributed by atoms with Crippen LogP contribution in [-0.4, -0.2) is 52.7 Å². The van der Waals surface area contributed by atoms with Gasteiger partial charge in [-0.1, -0.05) is 12.1 Å². The molecule has 0 unspecified atom stereocenters. The molecule has 0 N–H and O–H groups in total. The Balaban J connectivity index is 1.50. The number of aromatic nitrogens is 3. The van der Waals surface area contributed by atoms with Crippen molar-refractivity contribution in [3.8, 4) is 34.0 Å². The van der Waals surface area contributed by atoms with Gasteiger partial charge in [0.15, 0.2) is 5.78 Å². The molecular formula is C27H26N4O2. The molecule has 1 aliphatic carbocycles. The Hall–Kier alpha value is -3.77. The van der Waals surface area contributed by atoms with Gasteiger partial charge in [0.25, 0.3) is 0 Å². The summed E-state index contributed by atoms with van der Waals surface area (Å²) in [6, 6.07) is 20.1. The second-order valence-electron chi connectivity index (χ2n) is 8.50. The van der Waals surface area contributed by atoms with Crippen LogP contribution >= 0.6 is 0 Å². The summed E-state index contributed by atoms with van der Waals surface area (Å²) in [5.74, 6) is 1.07. The van der Waals surface area contributed by atoms with E-state index in [1.54, 1.807) is 12.4 Å². The standard InChI is InChI=1S/C27H26N4O2/c1-30(2)15-16-33-23-7-3-19(4-8-23)25-18-26(31(29-25)22-11-13-28-14-12-22)21-5-9-24-20(17-21)6-10-27(24)32/h3-5,7-9,11-14,17-18H,6,10,15-16H2,1-2H3. The molecular weight excluding hydrogens is 412 g/mol. The maximum absolute atomic E-state index is 12.1. The maximum Gasteiger partial charge on any atom is 0.163 e. The van der Waals surface area contributed by atoms with E-state index < -0.39 is 0 Å². The first-order valence-electron chi connectivity index (χ1n) is 11.1. The van der Waals surface area contributed by atoms with Crippen molar-refractivity contribution >= 4 is 5.78 Å². The number of nitrogens with zero attached hydrogens (tertiary/aromatic N) is 4. The van der Waals surface area contributed by atoms with Crippen molar-refractivity contribution in [2.75, 3.05) is 27.2 Å². The molecule has 0 fully saturated rings. The summed E-state index contributed by atoms with van der Waals surface area (Å²) in [6.45, 7) is 1.52. The van der Waals surface area contributed by atoms with E-state index in [0.717, 1.165) is 58.0 Å². The molecule has 33 heavy (non-hydrogen) atoms. The van der Waals surface area contributed by atoms with Gasteiger partial charge in [0.05, 0.1) is 17.1 Å². The molecule has 2 aromatic heterocycles. The van der Waals surface area contributed by atoms with Crippen molar-refractivity contribution < 1.29 is 9.53 Å². The number of carbonyl (C=O) groups excluding carboxylic acids is 1. The summed E-state index contributed by atoms with van der Waals surface area (Å²) < 4.78 is 7.77. The molecule has 0 aliphatic heterocycles. The molecule has 166 valence electrons. The van der Waals surface area contributed by atoms with E-state index in [4.69, 9.17) is 9.84 Å². The summed E-state index contributed by atoms with van der Waals surface area (Å²) in [4.78, 5) is 18.3.